The van der Waals surface area contributed by atoms with Gasteiger partial charge in [-0.15, -0.1) is 0 Å². The van der Waals surface area contributed by atoms with Crippen molar-refractivity contribution in [3.05, 3.63) is 0 Å². The van der Waals surface area contributed by atoms with Gasteiger partial charge in [0.15, 0.2) is 0 Å². The lowest BCUT2D eigenvalue weighted by Gasteiger charge is -2.38. The minimum absolute atomic E-state index is 0.236. The highest BCUT2D eigenvalue weighted by Gasteiger charge is 2.44. The van der Waals surface area contributed by atoms with Crippen molar-refractivity contribution >= 4 is 12.0 Å². The van der Waals surface area contributed by atoms with E-state index in [0.717, 1.165) is 32.1 Å². The van der Waals surface area contributed by atoms with E-state index in [1.807, 2.05) is 0 Å². The molecule has 2 aliphatic rings. The van der Waals surface area contributed by atoms with Crippen LogP contribution >= 0.6 is 0 Å². The molecule has 2 N–H and O–H groups in total. The van der Waals surface area contributed by atoms with Crippen molar-refractivity contribution in [1.82, 2.24) is 10.2 Å². The molecule has 0 atom stereocenters. The van der Waals surface area contributed by atoms with Crippen molar-refractivity contribution in [2.24, 2.45) is 5.92 Å². The molecule has 0 aromatic rings. The van der Waals surface area contributed by atoms with Gasteiger partial charge in [-0.2, -0.15) is 0 Å². The van der Waals surface area contributed by atoms with E-state index < -0.39 is 11.5 Å². The van der Waals surface area contributed by atoms with Gasteiger partial charge in [-0.25, -0.2) is 9.59 Å². The van der Waals surface area contributed by atoms with E-state index in [1.165, 1.54) is 0 Å². The fraction of sp³-hybridized carbons (Fsp3) is 0.857. The fourth-order valence-corrected chi connectivity index (χ4v) is 2.89. The van der Waals surface area contributed by atoms with Crippen LogP contribution in [0.4, 0.5) is 4.79 Å². The number of amides is 2. The summed E-state index contributed by atoms with van der Waals surface area (Å²) in [6.45, 7) is 2.14. The van der Waals surface area contributed by atoms with Crippen molar-refractivity contribution in [3.8, 4) is 0 Å². The molecule has 19 heavy (non-hydrogen) atoms. The topological polar surface area (TPSA) is 69.6 Å². The Morgan fingerprint density at radius 2 is 1.84 bits per heavy atom. The summed E-state index contributed by atoms with van der Waals surface area (Å²) >= 11 is 0. The van der Waals surface area contributed by atoms with Gasteiger partial charge in [0.25, 0.3) is 0 Å². The Kier molecular flexibility index (Phi) is 4.02. The second-order valence-electron chi connectivity index (χ2n) is 6.01. The molecule has 0 saturated heterocycles. The second-order valence-corrected chi connectivity index (χ2v) is 6.01. The van der Waals surface area contributed by atoms with Gasteiger partial charge in [0.1, 0.15) is 5.54 Å². The maximum Gasteiger partial charge on any atom is 0.329 e. The Morgan fingerprint density at radius 1 is 1.26 bits per heavy atom. The van der Waals surface area contributed by atoms with E-state index in [4.69, 9.17) is 0 Å². The number of urea groups is 1. The maximum absolute atomic E-state index is 12.1. The predicted octanol–water partition coefficient (Wildman–Crippen LogP) is 2.21. The Hall–Kier alpha value is -1.26. The molecule has 108 valence electrons. The van der Waals surface area contributed by atoms with E-state index in [9.17, 15) is 14.7 Å². The summed E-state index contributed by atoms with van der Waals surface area (Å²) in [7, 11) is 1.75. The number of carboxylic acids is 1. The number of carbonyl (C=O) groups excluding carboxylic acids is 1. The number of nitrogens with one attached hydrogen (secondary N) is 1. The third-order valence-electron chi connectivity index (χ3n) is 4.71. The molecular weight excluding hydrogens is 244 g/mol. The molecule has 0 aromatic carbocycles. The van der Waals surface area contributed by atoms with Gasteiger partial charge >= 0.3 is 12.0 Å². The summed E-state index contributed by atoms with van der Waals surface area (Å²) in [5, 5.41) is 12.3. The van der Waals surface area contributed by atoms with Gasteiger partial charge < -0.3 is 15.3 Å². The number of hydrogen-bond acceptors (Lipinski definition) is 2. The zero-order chi connectivity index (χ0) is 14.0. The standard InChI is InChI=1S/C14H24N2O3/c1-3-10-6-8-14(9-7-10,12(17)18)15-13(19)16(2)11-4-5-11/h10-11H,3-9H2,1-2H3,(H,15,19)(H,17,18). The zero-order valence-corrected chi connectivity index (χ0v) is 11.8. The molecule has 0 spiro atoms. The SMILES string of the molecule is CCC1CCC(NC(=O)N(C)C2CC2)(C(=O)O)CC1. The summed E-state index contributed by atoms with van der Waals surface area (Å²) in [6.07, 6.45) is 6.01. The summed E-state index contributed by atoms with van der Waals surface area (Å²) in [4.78, 5) is 25.3. The highest BCUT2D eigenvalue weighted by molar-refractivity contribution is 5.86. The third kappa shape index (κ3) is 3.01. The predicted molar refractivity (Wildman–Crippen MR) is 71.9 cm³/mol. The summed E-state index contributed by atoms with van der Waals surface area (Å²) in [6, 6.07) is 0.0673. The molecule has 2 amide bonds. The highest BCUT2D eigenvalue weighted by atomic mass is 16.4. The average molecular weight is 268 g/mol. The fourth-order valence-electron chi connectivity index (χ4n) is 2.89. The first-order valence-electron chi connectivity index (χ1n) is 7.27. The largest absolute Gasteiger partial charge is 0.480 e. The van der Waals surface area contributed by atoms with Gasteiger partial charge in [-0.3, -0.25) is 0 Å². The lowest BCUT2D eigenvalue weighted by atomic mass is 9.75. The van der Waals surface area contributed by atoms with Crippen LogP contribution in [0.15, 0.2) is 0 Å². The lowest BCUT2D eigenvalue weighted by molar-refractivity contribution is -0.146. The van der Waals surface area contributed by atoms with Crippen LogP contribution in [0.2, 0.25) is 0 Å². The molecule has 0 heterocycles. The molecule has 2 fully saturated rings. The molecule has 5 heteroatoms. The van der Waals surface area contributed by atoms with Crippen LogP contribution in [0.3, 0.4) is 0 Å². The Bertz CT molecular complexity index is 358. The van der Waals surface area contributed by atoms with E-state index in [2.05, 4.69) is 12.2 Å². The van der Waals surface area contributed by atoms with Crippen LogP contribution in [0.1, 0.15) is 51.9 Å². The summed E-state index contributed by atoms with van der Waals surface area (Å²) in [5.41, 5.74) is -1.05. The minimum Gasteiger partial charge on any atom is -0.480 e. The molecule has 0 aromatic heterocycles. The molecule has 0 bridgehead atoms. The monoisotopic (exact) mass is 268 g/mol. The van der Waals surface area contributed by atoms with Crippen molar-refractivity contribution < 1.29 is 14.7 Å². The van der Waals surface area contributed by atoms with Crippen molar-refractivity contribution in [2.45, 2.75) is 63.5 Å². The molecule has 2 saturated carbocycles. The second kappa shape index (κ2) is 5.39. The van der Waals surface area contributed by atoms with Gasteiger partial charge in [0, 0.05) is 13.1 Å². The number of carbonyl (C=O) groups is 2. The van der Waals surface area contributed by atoms with Gasteiger partial charge in [-0.05, 0) is 44.4 Å². The Morgan fingerprint density at radius 3 is 2.26 bits per heavy atom. The van der Waals surface area contributed by atoms with Crippen LogP contribution in [-0.4, -0.2) is 40.6 Å². The van der Waals surface area contributed by atoms with Gasteiger partial charge in [-0.1, -0.05) is 13.3 Å². The van der Waals surface area contributed by atoms with Crippen LogP contribution in [0.25, 0.3) is 0 Å². The van der Waals surface area contributed by atoms with Crippen LogP contribution < -0.4 is 5.32 Å². The molecule has 2 rings (SSSR count). The first kappa shape index (κ1) is 14.2. The van der Waals surface area contributed by atoms with Crippen LogP contribution in [0.5, 0.6) is 0 Å². The van der Waals surface area contributed by atoms with E-state index in [1.54, 1.807) is 11.9 Å². The molecular formula is C14H24N2O3. The van der Waals surface area contributed by atoms with E-state index in [0.29, 0.717) is 24.8 Å². The number of aliphatic carboxylic acids is 1. The zero-order valence-electron chi connectivity index (χ0n) is 11.8. The molecule has 5 nitrogen and oxygen atoms in total. The highest BCUT2D eigenvalue weighted by Crippen LogP contribution is 2.34. The van der Waals surface area contributed by atoms with Gasteiger partial charge in [0.05, 0.1) is 0 Å². The minimum atomic E-state index is -1.05. The summed E-state index contributed by atoms with van der Waals surface area (Å²) in [5.74, 6) is -0.287. The number of rotatable bonds is 4. The molecule has 2 aliphatic carbocycles. The van der Waals surface area contributed by atoms with Crippen LogP contribution in [0, 0.1) is 5.92 Å². The molecule has 0 aliphatic heterocycles. The van der Waals surface area contributed by atoms with Crippen LogP contribution in [-0.2, 0) is 4.79 Å². The van der Waals surface area contributed by atoms with E-state index in [-0.39, 0.29) is 6.03 Å². The van der Waals surface area contributed by atoms with Crippen molar-refractivity contribution in [1.29, 1.82) is 0 Å². The average Bonchev–Trinajstić information content (AvgIpc) is 3.22. The van der Waals surface area contributed by atoms with E-state index >= 15 is 0 Å². The molecule has 0 unspecified atom stereocenters. The third-order valence-corrected chi connectivity index (χ3v) is 4.71. The summed E-state index contributed by atoms with van der Waals surface area (Å²) < 4.78 is 0. The number of hydrogen-bond donors (Lipinski definition) is 2. The first-order valence-corrected chi connectivity index (χ1v) is 7.27. The Labute approximate surface area is 114 Å². The first-order chi connectivity index (χ1) is 8.98. The van der Waals surface area contributed by atoms with Crippen molar-refractivity contribution in [3.63, 3.8) is 0 Å². The van der Waals surface area contributed by atoms with Gasteiger partial charge in [0.2, 0.25) is 0 Å². The molecule has 0 radical (unpaired) electrons. The maximum atomic E-state index is 12.1. The van der Waals surface area contributed by atoms with Crippen molar-refractivity contribution in [2.75, 3.05) is 7.05 Å². The normalized spacial score (nSPS) is 30.7. The number of nitrogens with zero attached hydrogens (tertiary/aromatic N) is 1. The quantitative estimate of drug-likeness (QED) is 0.821. The smallest absolute Gasteiger partial charge is 0.329 e. The lowest BCUT2D eigenvalue weighted by Crippen LogP contribution is -2.59. The Balaban J connectivity index is 1.99. The number of carboxylic acid groups (broad SMARTS) is 1.